The highest BCUT2D eigenvalue weighted by atomic mass is 16.6. The number of Topliss-reactive ketones (excluding diaryl/α,β-unsaturated/α-hetero) is 1. The highest BCUT2D eigenvalue weighted by Gasteiger charge is 2.24. The summed E-state index contributed by atoms with van der Waals surface area (Å²) in [4.78, 5) is 35.9. The van der Waals surface area contributed by atoms with Crippen LogP contribution in [0.25, 0.3) is 0 Å². The van der Waals surface area contributed by atoms with Crippen molar-refractivity contribution in [3.63, 3.8) is 0 Å². The zero-order valence-electron chi connectivity index (χ0n) is 15.0. The molecule has 0 aliphatic carbocycles. The van der Waals surface area contributed by atoms with Gasteiger partial charge >= 0.3 is 0 Å². The van der Waals surface area contributed by atoms with Crippen molar-refractivity contribution in [3.8, 4) is 11.5 Å². The van der Waals surface area contributed by atoms with Crippen LogP contribution < -0.4 is 20.1 Å². The molecule has 136 valence electrons. The summed E-state index contributed by atoms with van der Waals surface area (Å²) >= 11 is 0. The van der Waals surface area contributed by atoms with Crippen molar-refractivity contribution in [2.45, 2.75) is 40.2 Å². The van der Waals surface area contributed by atoms with E-state index in [1.54, 1.807) is 12.1 Å². The summed E-state index contributed by atoms with van der Waals surface area (Å²) in [6.07, 6.45) is 0.491. The second-order valence-electron chi connectivity index (χ2n) is 6.47. The predicted octanol–water partition coefficient (Wildman–Crippen LogP) is 2.15. The number of ketones is 1. The lowest BCUT2D eigenvalue weighted by Gasteiger charge is -2.23. The minimum Gasteiger partial charge on any atom is -0.486 e. The molecular formula is C18H24N2O5. The minimum absolute atomic E-state index is 0.202. The first-order valence-electron chi connectivity index (χ1n) is 8.30. The monoisotopic (exact) mass is 348 g/mol. The molecule has 0 fully saturated rings. The Balaban J connectivity index is 2.28. The van der Waals surface area contributed by atoms with E-state index in [4.69, 9.17) is 9.47 Å². The van der Waals surface area contributed by atoms with E-state index in [9.17, 15) is 14.4 Å². The van der Waals surface area contributed by atoms with Crippen LogP contribution in [0.1, 0.15) is 44.5 Å². The van der Waals surface area contributed by atoms with Crippen molar-refractivity contribution < 1.29 is 23.9 Å². The molecule has 1 unspecified atom stereocenters. The Hall–Kier alpha value is -2.57. The van der Waals surface area contributed by atoms with Gasteiger partial charge < -0.3 is 20.1 Å². The van der Waals surface area contributed by atoms with Crippen molar-refractivity contribution in [2.24, 2.45) is 5.92 Å². The van der Waals surface area contributed by atoms with Gasteiger partial charge in [0.15, 0.2) is 17.3 Å². The van der Waals surface area contributed by atoms with Gasteiger partial charge in [0.05, 0.1) is 5.69 Å². The van der Waals surface area contributed by atoms with E-state index in [2.05, 4.69) is 10.6 Å². The Morgan fingerprint density at radius 2 is 1.68 bits per heavy atom. The maximum Gasteiger partial charge on any atom is 0.246 e. The number of hydrogen-bond donors (Lipinski definition) is 2. The first kappa shape index (κ1) is 18.8. The van der Waals surface area contributed by atoms with Gasteiger partial charge in [-0.3, -0.25) is 14.4 Å². The summed E-state index contributed by atoms with van der Waals surface area (Å²) in [5, 5.41) is 5.39. The summed E-state index contributed by atoms with van der Waals surface area (Å²) in [7, 11) is 0. The van der Waals surface area contributed by atoms with Crippen molar-refractivity contribution in [1.82, 2.24) is 5.32 Å². The lowest BCUT2D eigenvalue weighted by molar-refractivity contribution is -0.125. The Morgan fingerprint density at radius 1 is 1.08 bits per heavy atom. The van der Waals surface area contributed by atoms with Crippen molar-refractivity contribution in [2.75, 3.05) is 18.5 Å². The standard InChI is InChI=1S/C18H24N2O5/c1-10(2)7-15(19-12(4)22)18(23)20-14-9-17-16(24-5-6-25-17)8-13(14)11(3)21/h8-10,15H,5-7H2,1-4H3,(H,19,22)(H,20,23). The van der Waals surface area contributed by atoms with Crippen LogP contribution >= 0.6 is 0 Å². The number of anilines is 1. The molecule has 1 heterocycles. The van der Waals surface area contributed by atoms with Gasteiger partial charge in [-0.2, -0.15) is 0 Å². The molecule has 1 aromatic carbocycles. The molecule has 7 heteroatoms. The third-order valence-electron chi connectivity index (χ3n) is 3.72. The first-order chi connectivity index (χ1) is 11.8. The third-order valence-corrected chi connectivity index (χ3v) is 3.72. The SMILES string of the molecule is CC(=O)NC(CC(C)C)C(=O)Nc1cc2c(cc1C(C)=O)OCCO2. The lowest BCUT2D eigenvalue weighted by Crippen LogP contribution is -2.43. The normalized spacial score (nSPS) is 14.0. The largest absolute Gasteiger partial charge is 0.486 e. The van der Waals surface area contributed by atoms with Crippen LogP contribution in [0.3, 0.4) is 0 Å². The van der Waals surface area contributed by atoms with E-state index in [0.717, 1.165) is 0 Å². The highest BCUT2D eigenvalue weighted by molar-refractivity contribution is 6.06. The predicted molar refractivity (Wildman–Crippen MR) is 93.1 cm³/mol. The number of nitrogens with one attached hydrogen (secondary N) is 2. The lowest BCUT2D eigenvalue weighted by atomic mass is 10.0. The zero-order chi connectivity index (χ0) is 18.6. The molecule has 0 spiro atoms. The van der Waals surface area contributed by atoms with Gasteiger partial charge in [0, 0.05) is 18.6 Å². The summed E-state index contributed by atoms with van der Waals surface area (Å²) in [5.74, 6) is 0.321. The molecule has 2 rings (SSSR count). The van der Waals surface area contributed by atoms with Gasteiger partial charge in [-0.25, -0.2) is 0 Å². The molecule has 1 aromatic rings. The Labute approximate surface area is 147 Å². The topological polar surface area (TPSA) is 93.7 Å². The molecule has 2 N–H and O–H groups in total. The number of fused-ring (bicyclic) bond motifs is 1. The molecular weight excluding hydrogens is 324 g/mol. The van der Waals surface area contributed by atoms with Crippen molar-refractivity contribution >= 4 is 23.3 Å². The van der Waals surface area contributed by atoms with Crippen molar-refractivity contribution in [1.29, 1.82) is 0 Å². The van der Waals surface area contributed by atoms with E-state index < -0.39 is 6.04 Å². The van der Waals surface area contributed by atoms with Crippen LogP contribution in [0.15, 0.2) is 12.1 Å². The van der Waals surface area contributed by atoms with Gasteiger partial charge in [-0.1, -0.05) is 13.8 Å². The fourth-order valence-corrected chi connectivity index (χ4v) is 2.65. The Morgan fingerprint density at radius 3 is 2.20 bits per heavy atom. The summed E-state index contributed by atoms with van der Waals surface area (Å²) in [6, 6.07) is 2.48. The van der Waals surface area contributed by atoms with Gasteiger partial charge in [0.25, 0.3) is 0 Å². The number of carbonyl (C=O) groups is 3. The number of carbonyl (C=O) groups excluding carboxylic acids is 3. The van der Waals surface area contributed by atoms with E-state index in [0.29, 0.717) is 42.4 Å². The zero-order valence-corrected chi connectivity index (χ0v) is 15.0. The first-order valence-corrected chi connectivity index (χ1v) is 8.30. The molecule has 1 aliphatic heterocycles. The highest BCUT2D eigenvalue weighted by Crippen LogP contribution is 2.36. The van der Waals surface area contributed by atoms with E-state index in [-0.39, 0.29) is 23.5 Å². The van der Waals surface area contributed by atoms with Crippen LogP contribution in [0, 0.1) is 5.92 Å². The van der Waals surface area contributed by atoms with Crippen LogP contribution in [-0.4, -0.2) is 36.9 Å². The molecule has 2 amide bonds. The molecule has 1 atom stereocenters. The van der Waals surface area contributed by atoms with Gasteiger partial charge in [0.1, 0.15) is 19.3 Å². The van der Waals surface area contributed by atoms with E-state index in [1.807, 2.05) is 13.8 Å². The van der Waals surface area contributed by atoms with Gasteiger partial charge in [-0.15, -0.1) is 0 Å². The molecule has 7 nitrogen and oxygen atoms in total. The summed E-state index contributed by atoms with van der Waals surface area (Å²) < 4.78 is 11.0. The van der Waals surface area contributed by atoms with E-state index >= 15 is 0 Å². The third kappa shape index (κ3) is 4.95. The second-order valence-corrected chi connectivity index (χ2v) is 6.47. The number of ether oxygens (including phenoxy) is 2. The van der Waals surface area contributed by atoms with Crippen LogP contribution in [0.2, 0.25) is 0 Å². The van der Waals surface area contributed by atoms with Crippen molar-refractivity contribution in [3.05, 3.63) is 17.7 Å². The fraction of sp³-hybridized carbons (Fsp3) is 0.500. The van der Waals surface area contributed by atoms with Crippen LogP contribution in [0.5, 0.6) is 11.5 Å². The van der Waals surface area contributed by atoms with Crippen LogP contribution in [-0.2, 0) is 9.59 Å². The number of amides is 2. The number of benzene rings is 1. The fourth-order valence-electron chi connectivity index (χ4n) is 2.65. The molecule has 1 aliphatic rings. The average Bonchev–Trinajstić information content (AvgIpc) is 2.52. The molecule has 0 bridgehead atoms. The quantitative estimate of drug-likeness (QED) is 0.768. The smallest absolute Gasteiger partial charge is 0.246 e. The number of hydrogen-bond acceptors (Lipinski definition) is 5. The molecule has 0 saturated carbocycles. The molecule has 0 radical (unpaired) electrons. The molecule has 0 saturated heterocycles. The Kier molecular flexibility index (Phi) is 6.01. The van der Waals surface area contributed by atoms with Crippen LogP contribution in [0.4, 0.5) is 5.69 Å². The molecule has 0 aromatic heterocycles. The average molecular weight is 348 g/mol. The van der Waals surface area contributed by atoms with Gasteiger partial charge in [-0.05, 0) is 25.3 Å². The summed E-state index contributed by atoms with van der Waals surface area (Å²) in [5.41, 5.74) is 0.685. The molecule has 25 heavy (non-hydrogen) atoms. The Bertz CT molecular complexity index is 684. The maximum atomic E-state index is 12.6. The van der Waals surface area contributed by atoms with Gasteiger partial charge in [0.2, 0.25) is 11.8 Å². The number of rotatable bonds is 6. The minimum atomic E-state index is -0.675. The summed E-state index contributed by atoms with van der Waals surface area (Å²) in [6.45, 7) is 7.53. The maximum absolute atomic E-state index is 12.6. The second kappa shape index (κ2) is 8.00. The van der Waals surface area contributed by atoms with E-state index in [1.165, 1.54) is 13.8 Å².